The van der Waals surface area contributed by atoms with Crippen LogP contribution in [0.5, 0.6) is 0 Å². The lowest BCUT2D eigenvalue weighted by molar-refractivity contribution is 0.934. The fraction of sp³-hybridized carbons (Fsp3) is 0.143. The number of hydrogen-bond donors (Lipinski definition) is 0. The molecule has 67 heavy (non-hydrogen) atoms. The van der Waals surface area contributed by atoms with E-state index in [1.165, 1.54) is 93.8 Å². The summed E-state index contributed by atoms with van der Waals surface area (Å²) in [6.07, 6.45) is 0. The van der Waals surface area contributed by atoms with Crippen LogP contribution in [0.15, 0.2) is 262 Å². The summed E-state index contributed by atoms with van der Waals surface area (Å²) >= 11 is 0. The van der Waals surface area contributed by atoms with Crippen molar-refractivity contribution in [1.82, 2.24) is 4.57 Å². The van der Waals surface area contributed by atoms with Gasteiger partial charge < -0.3 is 4.57 Å². The molecule has 1 aromatic heterocycles. The Kier molecular flexibility index (Phi) is 10.1. The lowest BCUT2D eigenvalue weighted by atomic mass is 10.1. The van der Waals surface area contributed by atoms with E-state index in [-0.39, 0.29) is 0 Å². The van der Waals surface area contributed by atoms with Crippen molar-refractivity contribution in [2.24, 2.45) is 0 Å². The van der Waals surface area contributed by atoms with Gasteiger partial charge in [0.05, 0.1) is 11.0 Å². The number of fused-ring (bicyclic) bond motifs is 9. The van der Waals surface area contributed by atoms with E-state index in [1.807, 2.05) is 0 Å². The van der Waals surface area contributed by atoms with Gasteiger partial charge in [-0.05, 0) is 152 Å². The maximum absolute atomic E-state index is 2.60. The minimum absolute atomic E-state index is 0.582. The number of hydrogen-bond acceptors (Lipinski definition) is 0. The summed E-state index contributed by atoms with van der Waals surface area (Å²) in [7, 11) is -4.82. The van der Waals surface area contributed by atoms with Crippen LogP contribution in [0.2, 0.25) is 0 Å². The molecule has 0 fully saturated rings. The Balaban J connectivity index is 1.18. The third-order valence-corrected chi connectivity index (χ3v) is 28.6. The molecule has 0 N–H and O–H groups in total. The summed E-state index contributed by atoms with van der Waals surface area (Å²) in [5.41, 5.74) is 9.05. The van der Waals surface area contributed by atoms with Gasteiger partial charge in [-0.1, -0.05) is 151 Å². The molecule has 9 aromatic carbocycles. The first kappa shape index (κ1) is 42.2. The summed E-state index contributed by atoms with van der Waals surface area (Å²) in [5, 5.41) is 4.32. The first-order valence-electron chi connectivity index (χ1n) is 23.9. The highest BCUT2D eigenvalue weighted by atomic mass is 32.3. The highest BCUT2D eigenvalue weighted by Gasteiger charge is 2.44. The van der Waals surface area contributed by atoms with Crippen LogP contribution in [-0.4, -0.2) is 20.3 Å². The molecular weight excluding hydrogens is 867 g/mol. The minimum Gasteiger partial charge on any atom is -0.309 e. The fourth-order valence-electron chi connectivity index (χ4n) is 12.5. The monoisotopic (exact) mass is 923 g/mol. The minimum atomic E-state index is -1.86. The summed E-state index contributed by atoms with van der Waals surface area (Å²) in [6, 6.07) is 84.3. The third kappa shape index (κ3) is 5.79. The first-order chi connectivity index (χ1) is 32.7. The molecule has 0 aliphatic carbocycles. The molecule has 0 radical (unpaired) electrons. The molecule has 12 rings (SSSR count). The lowest BCUT2D eigenvalue weighted by Crippen LogP contribution is -2.28. The van der Waals surface area contributed by atoms with E-state index >= 15 is 0 Å². The van der Waals surface area contributed by atoms with E-state index in [0.717, 1.165) is 0 Å². The highest BCUT2D eigenvalue weighted by Crippen LogP contribution is 2.81. The zero-order chi connectivity index (χ0) is 45.7. The fourth-order valence-corrected chi connectivity index (χ4v) is 26.5. The van der Waals surface area contributed by atoms with E-state index in [2.05, 4.69) is 264 Å². The molecular formula is C63H57NS3. The number of rotatable bonds is 9. The molecule has 332 valence electrons. The van der Waals surface area contributed by atoms with E-state index < -0.39 is 30.1 Å². The largest absolute Gasteiger partial charge is 0.309 e. The predicted octanol–water partition coefficient (Wildman–Crippen LogP) is 18.8. The summed E-state index contributed by atoms with van der Waals surface area (Å²) in [4.78, 5) is 12.6. The van der Waals surface area contributed by atoms with Gasteiger partial charge in [0.25, 0.3) is 0 Å². The molecule has 0 amide bonds. The van der Waals surface area contributed by atoms with Gasteiger partial charge in [0.2, 0.25) is 0 Å². The Morgan fingerprint density at radius 2 is 0.657 bits per heavy atom. The molecule has 0 spiro atoms. The zero-order valence-electron chi connectivity index (χ0n) is 39.2. The van der Waals surface area contributed by atoms with Gasteiger partial charge in [-0.25, -0.2) is 10.0 Å². The molecule has 0 atom stereocenters. The zero-order valence-corrected chi connectivity index (χ0v) is 41.6. The Labute approximate surface area is 401 Å². The molecule has 0 unspecified atom stereocenters. The Bertz CT molecular complexity index is 3200. The topological polar surface area (TPSA) is 4.93 Å². The lowest BCUT2D eigenvalue weighted by Gasteiger charge is -2.51. The Morgan fingerprint density at radius 1 is 0.328 bits per heavy atom. The van der Waals surface area contributed by atoms with Crippen molar-refractivity contribution in [3.8, 4) is 27.9 Å². The second-order valence-electron chi connectivity index (χ2n) is 18.9. The van der Waals surface area contributed by atoms with Crippen molar-refractivity contribution in [3.05, 3.63) is 218 Å². The van der Waals surface area contributed by atoms with E-state index in [9.17, 15) is 0 Å². The van der Waals surface area contributed by atoms with Gasteiger partial charge in [-0.15, -0.1) is 20.1 Å². The van der Waals surface area contributed by atoms with E-state index in [4.69, 9.17) is 0 Å². The number of aromatic nitrogens is 1. The van der Waals surface area contributed by atoms with Crippen LogP contribution in [0.4, 0.5) is 0 Å². The molecule has 2 aliphatic heterocycles. The molecule has 0 bridgehead atoms. The Hall–Kier alpha value is -6.17. The molecule has 10 aromatic rings. The number of nitrogens with zero attached hydrogens (tertiary/aromatic N) is 1. The van der Waals surface area contributed by atoms with Crippen molar-refractivity contribution in [1.29, 1.82) is 0 Å². The average molecular weight is 924 g/mol. The van der Waals surface area contributed by atoms with Crippen molar-refractivity contribution < 1.29 is 0 Å². The van der Waals surface area contributed by atoms with Crippen LogP contribution in [-0.2, 0) is 0 Å². The quantitative estimate of drug-likeness (QED) is 0.136. The Morgan fingerprint density at radius 3 is 1.00 bits per heavy atom. The molecule has 1 nitrogen and oxygen atoms in total. The molecule has 0 saturated carbocycles. The highest BCUT2D eigenvalue weighted by molar-refractivity contribution is 8.35. The van der Waals surface area contributed by atoms with Crippen molar-refractivity contribution in [2.45, 2.75) is 101 Å². The molecule has 0 saturated heterocycles. The van der Waals surface area contributed by atoms with Crippen LogP contribution in [0, 0.1) is 0 Å². The van der Waals surface area contributed by atoms with Gasteiger partial charge in [0.1, 0.15) is 0 Å². The SMILES string of the molecule is CC(C)S(c1ccc(-n2c3ccc(S4(c5ccccc5)c5ccccc5-c5ccccc54)cc3c3cc(S4(c5ccccc5)c5ccccc5-c5ccccc54)ccc32)cc1)(C(C)C)C(C)C. The van der Waals surface area contributed by atoms with Gasteiger partial charge >= 0.3 is 0 Å². The second-order valence-corrected chi connectivity index (χ2v) is 29.8. The molecule has 4 heteroatoms. The van der Waals surface area contributed by atoms with Gasteiger partial charge in [-0.3, -0.25) is 0 Å². The third-order valence-electron chi connectivity index (χ3n) is 14.9. The molecule has 3 heterocycles. The smallest absolute Gasteiger partial charge is 0.0541 e. The second kappa shape index (κ2) is 16.0. The van der Waals surface area contributed by atoms with Crippen LogP contribution >= 0.6 is 30.1 Å². The van der Waals surface area contributed by atoms with E-state index in [1.54, 1.807) is 0 Å². The maximum Gasteiger partial charge on any atom is 0.0541 e. The van der Waals surface area contributed by atoms with E-state index in [0.29, 0.717) is 15.7 Å². The van der Waals surface area contributed by atoms with Crippen LogP contribution in [0.3, 0.4) is 0 Å². The van der Waals surface area contributed by atoms with Crippen molar-refractivity contribution in [3.63, 3.8) is 0 Å². The van der Waals surface area contributed by atoms with Gasteiger partial charge in [0.15, 0.2) is 0 Å². The van der Waals surface area contributed by atoms with Crippen molar-refractivity contribution in [2.75, 3.05) is 0 Å². The predicted molar refractivity (Wildman–Crippen MR) is 290 cm³/mol. The number of benzene rings is 9. The standard InChI is InChI=1S/C63H57NS3/c1-43(2)65(44(3)4,45(5)6)49-35-33-46(34-36-49)64-58-39-37-50(66(47-21-9-7-10-22-47)60-29-17-13-25-52(60)53-26-14-18-30-61(53)66)41-56(58)57-42-51(38-40-59(57)64)67(48-23-11-8-12-24-48)62-31-19-15-27-54(62)55-28-16-20-32-63(55)67/h7-45H,1-6H3. The van der Waals surface area contributed by atoms with Gasteiger partial charge in [-0.2, -0.15) is 0 Å². The first-order valence-corrected chi connectivity index (χ1v) is 28.9. The maximum atomic E-state index is 2.60. The summed E-state index contributed by atoms with van der Waals surface area (Å²) in [6.45, 7) is 14.7. The van der Waals surface area contributed by atoms with Crippen LogP contribution in [0.25, 0.3) is 49.7 Å². The summed E-state index contributed by atoms with van der Waals surface area (Å²) in [5.74, 6) is 0. The van der Waals surface area contributed by atoms with Crippen molar-refractivity contribution >= 4 is 51.9 Å². The normalized spacial score (nSPS) is 15.7. The summed E-state index contributed by atoms with van der Waals surface area (Å²) < 4.78 is 2.56. The van der Waals surface area contributed by atoms with Crippen LogP contribution in [0.1, 0.15) is 41.5 Å². The van der Waals surface area contributed by atoms with Gasteiger partial charge in [0, 0.05) is 55.6 Å². The average Bonchev–Trinajstić information content (AvgIpc) is 3.97. The van der Waals surface area contributed by atoms with Crippen LogP contribution < -0.4 is 0 Å². The molecule has 2 aliphatic rings.